The third-order valence-electron chi connectivity index (χ3n) is 4.61. The van der Waals surface area contributed by atoms with E-state index in [1.54, 1.807) is 0 Å². The van der Waals surface area contributed by atoms with Gasteiger partial charge in [-0.2, -0.15) is 0 Å². The Kier molecular flexibility index (Phi) is 4.53. The van der Waals surface area contributed by atoms with Gasteiger partial charge in [-0.25, -0.2) is 0 Å². The maximum absolute atomic E-state index is 12.6. The number of hydrogen-bond donors (Lipinski definition) is 2. The number of hydrogen-bond acceptors (Lipinski definition) is 2. The van der Waals surface area contributed by atoms with E-state index in [0.717, 1.165) is 37.4 Å². The van der Waals surface area contributed by atoms with Crippen LogP contribution in [0.15, 0.2) is 30.3 Å². The molecule has 0 bridgehead atoms. The van der Waals surface area contributed by atoms with E-state index < -0.39 is 0 Å². The Labute approximate surface area is 137 Å². The number of fused-ring (bicyclic) bond motifs is 1. The second-order valence-electron chi connectivity index (χ2n) is 6.16. The molecule has 1 aromatic carbocycles. The van der Waals surface area contributed by atoms with E-state index in [2.05, 4.69) is 47.6 Å². The summed E-state index contributed by atoms with van der Waals surface area (Å²) in [5.41, 5.74) is 4.72. The SMILES string of the molecule is CCN(CC)C(=O)C1C=C(c2cccc3cc(C)[nH]c23)CNC1. The Morgan fingerprint density at radius 1 is 1.30 bits per heavy atom. The van der Waals surface area contributed by atoms with Gasteiger partial charge in [-0.1, -0.05) is 24.3 Å². The standard InChI is InChI=1S/C19H25N3O/c1-4-22(5-2)19(23)16-10-15(11-20-12-16)17-8-6-7-14-9-13(3)21-18(14)17/h6-10,16,20-21H,4-5,11-12H2,1-3H3. The first-order valence-corrected chi connectivity index (χ1v) is 8.43. The molecule has 1 amide bonds. The van der Waals surface area contributed by atoms with Crippen molar-refractivity contribution in [3.05, 3.63) is 41.6 Å². The van der Waals surface area contributed by atoms with Crippen LogP contribution in [-0.4, -0.2) is 42.0 Å². The number of aryl methyl sites for hydroxylation is 1. The molecule has 0 saturated heterocycles. The van der Waals surface area contributed by atoms with Crippen molar-refractivity contribution in [2.45, 2.75) is 20.8 Å². The van der Waals surface area contributed by atoms with Gasteiger partial charge in [-0.3, -0.25) is 4.79 Å². The van der Waals surface area contributed by atoms with Crippen LogP contribution in [0, 0.1) is 12.8 Å². The molecular formula is C19H25N3O. The number of nitrogens with zero attached hydrogens (tertiary/aromatic N) is 1. The highest BCUT2D eigenvalue weighted by Gasteiger charge is 2.24. The summed E-state index contributed by atoms with van der Waals surface area (Å²) in [7, 11) is 0. The van der Waals surface area contributed by atoms with Crippen molar-refractivity contribution in [3.8, 4) is 0 Å². The molecule has 1 unspecified atom stereocenters. The van der Waals surface area contributed by atoms with Gasteiger partial charge < -0.3 is 15.2 Å². The van der Waals surface area contributed by atoms with E-state index in [1.807, 2.05) is 18.7 Å². The number of amides is 1. The highest BCUT2D eigenvalue weighted by atomic mass is 16.2. The van der Waals surface area contributed by atoms with Crippen LogP contribution in [0.4, 0.5) is 0 Å². The predicted molar refractivity (Wildman–Crippen MR) is 95.3 cm³/mol. The number of para-hydroxylation sites is 1. The lowest BCUT2D eigenvalue weighted by atomic mass is 9.94. The average molecular weight is 311 g/mol. The first kappa shape index (κ1) is 15.8. The quantitative estimate of drug-likeness (QED) is 0.912. The van der Waals surface area contributed by atoms with Crippen LogP contribution in [0.25, 0.3) is 16.5 Å². The zero-order valence-electron chi connectivity index (χ0n) is 14.1. The summed E-state index contributed by atoms with van der Waals surface area (Å²) in [6, 6.07) is 8.50. The van der Waals surface area contributed by atoms with Crippen molar-refractivity contribution in [2.75, 3.05) is 26.2 Å². The third kappa shape index (κ3) is 3.04. The molecule has 4 heteroatoms. The van der Waals surface area contributed by atoms with Crippen LogP contribution in [-0.2, 0) is 4.79 Å². The predicted octanol–water partition coefficient (Wildman–Crippen LogP) is 2.95. The fraction of sp³-hybridized carbons (Fsp3) is 0.421. The van der Waals surface area contributed by atoms with Crippen LogP contribution >= 0.6 is 0 Å². The number of aromatic nitrogens is 1. The van der Waals surface area contributed by atoms with Gasteiger partial charge in [0.05, 0.1) is 11.4 Å². The summed E-state index contributed by atoms with van der Waals surface area (Å²) in [6.07, 6.45) is 2.15. The zero-order valence-corrected chi connectivity index (χ0v) is 14.1. The molecule has 1 aliphatic rings. The first-order valence-electron chi connectivity index (χ1n) is 8.43. The van der Waals surface area contributed by atoms with E-state index in [9.17, 15) is 4.79 Å². The van der Waals surface area contributed by atoms with Crippen LogP contribution in [0.5, 0.6) is 0 Å². The molecule has 0 fully saturated rings. The van der Waals surface area contributed by atoms with Gasteiger partial charge in [0, 0.05) is 42.8 Å². The van der Waals surface area contributed by atoms with Gasteiger partial charge in [0.1, 0.15) is 0 Å². The number of aromatic amines is 1. The molecule has 2 aromatic rings. The Morgan fingerprint density at radius 3 is 2.83 bits per heavy atom. The highest BCUT2D eigenvalue weighted by Crippen LogP contribution is 2.27. The van der Waals surface area contributed by atoms with Gasteiger partial charge >= 0.3 is 0 Å². The van der Waals surface area contributed by atoms with Gasteiger partial charge in [0.15, 0.2) is 0 Å². The maximum atomic E-state index is 12.6. The summed E-state index contributed by atoms with van der Waals surface area (Å²) in [4.78, 5) is 18.0. The minimum absolute atomic E-state index is 0.0787. The average Bonchev–Trinajstić information content (AvgIpc) is 2.96. The number of carbonyl (C=O) groups is 1. The fourth-order valence-electron chi connectivity index (χ4n) is 3.40. The molecule has 0 aliphatic carbocycles. The molecule has 2 heterocycles. The second-order valence-corrected chi connectivity index (χ2v) is 6.16. The van der Waals surface area contributed by atoms with E-state index in [1.165, 1.54) is 16.5 Å². The zero-order chi connectivity index (χ0) is 16.4. The number of nitrogens with one attached hydrogen (secondary N) is 2. The van der Waals surface area contributed by atoms with E-state index >= 15 is 0 Å². The van der Waals surface area contributed by atoms with Crippen molar-refractivity contribution >= 4 is 22.4 Å². The molecular weight excluding hydrogens is 286 g/mol. The van der Waals surface area contributed by atoms with Crippen molar-refractivity contribution < 1.29 is 4.79 Å². The Bertz CT molecular complexity index is 740. The second kappa shape index (κ2) is 6.59. The lowest BCUT2D eigenvalue weighted by Gasteiger charge is -2.27. The molecule has 122 valence electrons. The topological polar surface area (TPSA) is 48.1 Å². The lowest BCUT2D eigenvalue weighted by molar-refractivity contribution is -0.133. The fourth-order valence-corrected chi connectivity index (χ4v) is 3.40. The van der Waals surface area contributed by atoms with Crippen molar-refractivity contribution in [1.82, 2.24) is 15.2 Å². The maximum Gasteiger partial charge on any atom is 0.230 e. The third-order valence-corrected chi connectivity index (χ3v) is 4.61. The summed E-state index contributed by atoms with van der Waals surface area (Å²) >= 11 is 0. The number of benzene rings is 1. The summed E-state index contributed by atoms with van der Waals surface area (Å²) in [5, 5.41) is 4.63. The van der Waals surface area contributed by atoms with Crippen LogP contribution in [0.1, 0.15) is 25.1 Å². The molecule has 0 saturated carbocycles. The van der Waals surface area contributed by atoms with E-state index in [0.29, 0.717) is 0 Å². The van der Waals surface area contributed by atoms with Gasteiger partial charge in [0.2, 0.25) is 5.91 Å². The molecule has 2 N–H and O–H groups in total. The van der Waals surface area contributed by atoms with E-state index in [4.69, 9.17) is 0 Å². The highest BCUT2D eigenvalue weighted by molar-refractivity contribution is 5.94. The monoisotopic (exact) mass is 311 g/mol. The minimum atomic E-state index is -0.0787. The molecule has 23 heavy (non-hydrogen) atoms. The lowest BCUT2D eigenvalue weighted by Crippen LogP contribution is -2.41. The normalized spacial score (nSPS) is 18.0. The minimum Gasteiger partial charge on any atom is -0.358 e. The van der Waals surface area contributed by atoms with Crippen LogP contribution in [0.2, 0.25) is 0 Å². The number of H-pyrrole nitrogens is 1. The Hall–Kier alpha value is -2.07. The largest absolute Gasteiger partial charge is 0.358 e. The van der Waals surface area contributed by atoms with Gasteiger partial charge in [-0.15, -0.1) is 0 Å². The molecule has 4 nitrogen and oxygen atoms in total. The number of rotatable bonds is 4. The smallest absolute Gasteiger partial charge is 0.230 e. The molecule has 0 radical (unpaired) electrons. The van der Waals surface area contributed by atoms with E-state index in [-0.39, 0.29) is 11.8 Å². The molecule has 0 spiro atoms. The summed E-state index contributed by atoms with van der Waals surface area (Å²) in [6.45, 7) is 9.19. The molecule has 1 aromatic heterocycles. The number of carbonyl (C=O) groups excluding carboxylic acids is 1. The molecule has 1 aliphatic heterocycles. The first-order chi connectivity index (χ1) is 11.1. The summed E-state index contributed by atoms with van der Waals surface area (Å²) in [5.74, 6) is 0.138. The van der Waals surface area contributed by atoms with Crippen molar-refractivity contribution in [2.24, 2.45) is 5.92 Å². The molecule has 1 atom stereocenters. The van der Waals surface area contributed by atoms with Crippen molar-refractivity contribution in [3.63, 3.8) is 0 Å². The van der Waals surface area contributed by atoms with Crippen molar-refractivity contribution in [1.29, 1.82) is 0 Å². The van der Waals surface area contributed by atoms with Crippen LogP contribution in [0.3, 0.4) is 0 Å². The molecule has 3 rings (SSSR count). The van der Waals surface area contributed by atoms with Gasteiger partial charge in [-0.05, 0) is 32.4 Å². The van der Waals surface area contributed by atoms with Gasteiger partial charge in [0.25, 0.3) is 0 Å². The Morgan fingerprint density at radius 2 is 2.09 bits per heavy atom. The Balaban J connectivity index is 1.96. The van der Waals surface area contributed by atoms with Crippen LogP contribution < -0.4 is 5.32 Å². The summed E-state index contributed by atoms with van der Waals surface area (Å²) < 4.78 is 0.